The maximum absolute atomic E-state index is 12.0. The van der Waals surface area contributed by atoms with E-state index < -0.39 is 0 Å². The molecule has 1 aliphatic heterocycles. The van der Waals surface area contributed by atoms with Gasteiger partial charge in [0.05, 0.1) is 29.9 Å². The Morgan fingerprint density at radius 1 is 1.48 bits per heavy atom. The number of amides is 2. The second kappa shape index (κ2) is 6.13. The maximum atomic E-state index is 12.0. The van der Waals surface area contributed by atoms with Gasteiger partial charge in [-0.15, -0.1) is 11.3 Å². The van der Waals surface area contributed by atoms with Gasteiger partial charge in [-0.05, 0) is 13.0 Å². The number of benzene rings is 1. The molecule has 0 radical (unpaired) electrons. The Morgan fingerprint density at radius 2 is 2.33 bits per heavy atom. The predicted molar refractivity (Wildman–Crippen MR) is 81.5 cm³/mol. The van der Waals surface area contributed by atoms with Crippen molar-refractivity contribution in [3.63, 3.8) is 0 Å². The van der Waals surface area contributed by atoms with Crippen molar-refractivity contribution < 1.29 is 9.53 Å². The first-order valence-corrected chi connectivity index (χ1v) is 7.77. The second-order valence-corrected chi connectivity index (χ2v) is 5.97. The minimum Gasteiger partial charge on any atom is -0.493 e. The molecule has 21 heavy (non-hydrogen) atoms. The first-order valence-electron chi connectivity index (χ1n) is 6.89. The first kappa shape index (κ1) is 13.9. The predicted octanol–water partition coefficient (Wildman–Crippen LogP) is 2.77. The number of urea groups is 1. The number of carbonyl (C=O) groups is 1. The van der Waals surface area contributed by atoms with Gasteiger partial charge in [-0.1, -0.05) is 18.2 Å². The zero-order valence-corrected chi connectivity index (χ0v) is 12.6. The summed E-state index contributed by atoms with van der Waals surface area (Å²) in [4.78, 5) is 16.3. The van der Waals surface area contributed by atoms with Gasteiger partial charge in [0, 0.05) is 17.4 Å². The van der Waals surface area contributed by atoms with Crippen molar-refractivity contribution in [2.75, 3.05) is 6.61 Å². The van der Waals surface area contributed by atoms with Crippen molar-refractivity contribution in [1.82, 2.24) is 15.6 Å². The van der Waals surface area contributed by atoms with Crippen LogP contribution in [0.1, 0.15) is 28.7 Å². The van der Waals surface area contributed by atoms with Gasteiger partial charge in [-0.3, -0.25) is 0 Å². The molecule has 6 heteroatoms. The van der Waals surface area contributed by atoms with E-state index >= 15 is 0 Å². The van der Waals surface area contributed by atoms with Crippen molar-refractivity contribution in [2.45, 2.75) is 25.9 Å². The summed E-state index contributed by atoms with van der Waals surface area (Å²) in [6.45, 7) is 3.02. The lowest BCUT2D eigenvalue weighted by molar-refractivity contribution is 0.223. The lowest BCUT2D eigenvalue weighted by atomic mass is 10.0. The normalized spacial score (nSPS) is 16.7. The minimum atomic E-state index is -0.178. The Bertz CT molecular complexity index is 641. The van der Waals surface area contributed by atoms with Crippen LogP contribution in [0.5, 0.6) is 5.75 Å². The van der Waals surface area contributed by atoms with Gasteiger partial charge in [0.1, 0.15) is 5.75 Å². The van der Waals surface area contributed by atoms with Crippen molar-refractivity contribution in [2.24, 2.45) is 0 Å². The standard InChI is InChI=1S/C15H17N3O2S/c1-10-17-11(9-21-10)8-16-15(19)18-13-6-7-20-14-5-3-2-4-12(13)14/h2-5,9,13H,6-8H2,1H3,(H2,16,18,19). The smallest absolute Gasteiger partial charge is 0.315 e. The number of ether oxygens (including phenoxy) is 1. The highest BCUT2D eigenvalue weighted by atomic mass is 32.1. The number of aryl methyl sites for hydroxylation is 1. The highest BCUT2D eigenvalue weighted by Crippen LogP contribution is 2.31. The van der Waals surface area contributed by atoms with Gasteiger partial charge in [-0.25, -0.2) is 9.78 Å². The largest absolute Gasteiger partial charge is 0.493 e. The number of aromatic nitrogens is 1. The van der Waals surface area contributed by atoms with Crippen molar-refractivity contribution in [3.05, 3.63) is 45.9 Å². The maximum Gasteiger partial charge on any atom is 0.315 e. The SMILES string of the molecule is Cc1nc(CNC(=O)NC2CCOc3ccccc32)cs1. The third-order valence-electron chi connectivity index (χ3n) is 3.36. The average molecular weight is 303 g/mol. The minimum absolute atomic E-state index is 0.00730. The first-order chi connectivity index (χ1) is 10.2. The molecule has 110 valence electrons. The van der Waals surface area contributed by atoms with E-state index in [4.69, 9.17) is 4.74 Å². The van der Waals surface area contributed by atoms with Crippen LogP contribution in [0.25, 0.3) is 0 Å². The number of carbonyl (C=O) groups excluding carboxylic acids is 1. The molecule has 2 amide bonds. The van der Waals surface area contributed by atoms with E-state index in [1.165, 1.54) is 0 Å². The number of thiazole rings is 1. The van der Waals surface area contributed by atoms with Crippen molar-refractivity contribution >= 4 is 17.4 Å². The van der Waals surface area contributed by atoms with Gasteiger partial charge in [0.25, 0.3) is 0 Å². The molecule has 1 atom stereocenters. The summed E-state index contributed by atoms with van der Waals surface area (Å²) >= 11 is 1.58. The zero-order valence-electron chi connectivity index (χ0n) is 11.8. The van der Waals surface area contributed by atoms with Crippen LogP contribution in [0.4, 0.5) is 4.79 Å². The number of nitrogens with one attached hydrogen (secondary N) is 2. The molecule has 0 bridgehead atoms. The molecule has 2 heterocycles. The third kappa shape index (κ3) is 3.33. The van der Waals surface area contributed by atoms with E-state index in [1.54, 1.807) is 11.3 Å². The lowest BCUT2D eigenvalue weighted by Crippen LogP contribution is -2.39. The second-order valence-electron chi connectivity index (χ2n) is 4.91. The molecule has 1 aliphatic rings. The Labute approximate surface area is 127 Å². The molecule has 0 saturated heterocycles. The van der Waals surface area contributed by atoms with Crippen LogP contribution in [0, 0.1) is 6.92 Å². The van der Waals surface area contributed by atoms with Gasteiger partial charge < -0.3 is 15.4 Å². The van der Waals surface area contributed by atoms with Crippen LogP contribution in [-0.4, -0.2) is 17.6 Å². The summed E-state index contributed by atoms with van der Waals surface area (Å²) in [6, 6.07) is 7.63. The fraction of sp³-hybridized carbons (Fsp3) is 0.333. The van der Waals surface area contributed by atoms with Gasteiger partial charge >= 0.3 is 6.03 Å². The summed E-state index contributed by atoms with van der Waals surface area (Å²) < 4.78 is 5.59. The number of hydrogen-bond acceptors (Lipinski definition) is 4. The van der Waals surface area contributed by atoms with E-state index in [0.717, 1.165) is 28.4 Å². The Hall–Kier alpha value is -2.08. The number of rotatable bonds is 3. The van der Waals surface area contributed by atoms with Crippen molar-refractivity contribution in [1.29, 1.82) is 0 Å². The summed E-state index contributed by atoms with van der Waals surface area (Å²) in [5, 5.41) is 8.80. The molecule has 2 N–H and O–H groups in total. The summed E-state index contributed by atoms with van der Waals surface area (Å²) in [7, 11) is 0. The average Bonchev–Trinajstić information content (AvgIpc) is 2.91. The Balaban J connectivity index is 1.58. The van der Waals surface area contributed by atoms with E-state index in [9.17, 15) is 4.79 Å². The number of hydrogen-bond donors (Lipinski definition) is 2. The summed E-state index contributed by atoms with van der Waals surface area (Å²) in [5.41, 5.74) is 1.92. The van der Waals surface area contributed by atoms with Crippen LogP contribution in [0.15, 0.2) is 29.6 Å². The lowest BCUT2D eigenvalue weighted by Gasteiger charge is -2.26. The van der Waals surface area contributed by atoms with E-state index in [-0.39, 0.29) is 12.1 Å². The molecule has 1 unspecified atom stereocenters. The third-order valence-corrected chi connectivity index (χ3v) is 4.18. The molecule has 2 aromatic rings. The quantitative estimate of drug-likeness (QED) is 0.916. The van der Waals surface area contributed by atoms with Crippen LogP contribution in [0.2, 0.25) is 0 Å². The molecule has 5 nitrogen and oxygen atoms in total. The van der Waals surface area contributed by atoms with Crippen LogP contribution in [0.3, 0.4) is 0 Å². The highest BCUT2D eigenvalue weighted by molar-refractivity contribution is 7.09. The number of fused-ring (bicyclic) bond motifs is 1. The molecule has 0 fully saturated rings. The number of para-hydroxylation sites is 1. The molecule has 0 spiro atoms. The number of nitrogens with zero attached hydrogens (tertiary/aromatic N) is 1. The highest BCUT2D eigenvalue weighted by Gasteiger charge is 2.22. The molecular formula is C15H17N3O2S. The molecule has 0 aliphatic carbocycles. The van der Waals surface area contributed by atoms with Crippen molar-refractivity contribution in [3.8, 4) is 5.75 Å². The van der Waals surface area contributed by atoms with Gasteiger partial charge in [0.15, 0.2) is 0 Å². The van der Waals surface area contributed by atoms with Gasteiger partial charge in [-0.2, -0.15) is 0 Å². The molecule has 1 aromatic heterocycles. The topological polar surface area (TPSA) is 63.2 Å². The van der Waals surface area contributed by atoms with Crippen LogP contribution < -0.4 is 15.4 Å². The zero-order chi connectivity index (χ0) is 14.7. The monoisotopic (exact) mass is 303 g/mol. The van der Waals surface area contributed by atoms with E-state index in [1.807, 2.05) is 36.6 Å². The summed E-state index contributed by atoms with van der Waals surface area (Å²) in [6.07, 6.45) is 0.778. The Morgan fingerprint density at radius 3 is 3.14 bits per heavy atom. The Kier molecular flexibility index (Phi) is 4.06. The molecule has 0 saturated carbocycles. The van der Waals surface area contributed by atoms with E-state index in [0.29, 0.717) is 13.2 Å². The molecular weight excluding hydrogens is 286 g/mol. The molecule has 1 aromatic carbocycles. The van der Waals surface area contributed by atoms with E-state index in [2.05, 4.69) is 15.6 Å². The summed E-state index contributed by atoms with van der Waals surface area (Å²) in [5.74, 6) is 0.851. The fourth-order valence-corrected chi connectivity index (χ4v) is 2.97. The fourth-order valence-electron chi connectivity index (χ4n) is 2.36. The van der Waals surface area contributed by atoms with Gasteiger partial charge in [0.2, 0.25) is 0 Å². The molecule has 3 rings (SSSR count). The van der Waals surface area contributed by atoms with Crippen LogP contribution in [-0.2, 0) is 6.54 Å². The van der Waals surface area contributed by atoms with Crippen LogP contribution >= 0.6 is 11.3 Å².